The smallest absolute Gasteiger partial charge is 0.336 e. The van der Waals surface area contributed by atoms with E-state index < -0.39 is 11.9 Å². The van der Waals surface area contributed by atoms with Crippen molar-refractivity contribution >= 4 is 29.4 Å². The van der Waals surface area contributed by atoms with E-state index in [2.05, 4.69) is 0 Å². The highest BCUT2D eigenvalue weighted by Crippen LogP contribution is 2.26. The molecule has 1 aliphatic carbocycles. The summed E-state index contributed by atoms with van der Waals surface area (Å²) in [4.78, 5) is 23.7. The van der Waals surface area contributed by atoms with Crippen molar-refractivity contribution in [1.29, 1.82) is 0 Å². The van der Waals surface area contributed by atoms with Crippen LogP contribution in [0.5, 0.6) is 17.2 Å². The maximum absolute atomic E-state index is 12.2. The summed E-state index contributed by atoms with van der Waals surface area (Å²) in [6, 6.07) is 17.1. The van der Waals surface area contributed by atoms with Crippen molar-refractivity contribution in [3.63, 3.8) is 0 Å². The molecule has 4 rings (SSSR count). The van der Waals surface area contributed by atoms with Crippen molar-refractivity contribution in [3.8, 4) is 17.2 Å². The number of hydrogen-bond acceptors (Lipinski definition) is 7. The van der Waals surface area contributed by atoms with E-state index >= 15 is 0 Å². The van der Waals surface area contributed by atoms with E-state index in [1.165, 1.54) is 31.1 Å². The largest absolute Gasteiger partial charge is 0.493 e. The predicted molar refractivity (Wildman–Crippen MR) is 142 cm³/mol. The second-order valence-electron chi connectivity index (χ2n) is 8.86. The first-order valence-corrected chi connectivity index (χ1v) is 12.2. The molecular weight excluding hydrogens is 472 g/mol. The molecule has 1 saturated carbocycles. The van der Waals surface area contributed by atoms with Gasteiger partial charge >= 0.3 is 11.9 Å². The number of carbonyl (C=O) groups is 2. The highest BCUT2D eigenvalue weighted by molar-refractivity contribution is 5.92. The van der Waals surface area contributed by atoms with E-state index in [0.717, 1.165) is 24.2 Å². The molecule has 3 aromatic rings. The van der Waals surface area contributed by atoms with Crippen LogP contribution in [0.15, 0.2) is 66.7 Å². The summed E-state index contributed by atoms with van der Waals surface area (Å²) in [5.41, 5.74) is 13.6. The van der Waals surface area contributed by atoms with Crippen LogP contribution in [0, 0.1) is 0 Å². The van der Waals surface area contributed by atoms with Crippen molar-refractivity contribution < 1.29 is 28.9 Å². The Morgan fingerprint density at radius 1 is 0.919 bits per heavy atom. The molecule has 1 fully saturated rings. The number of nitrogens with two attached hydrogens (primary N) is 2. The molecule has 0 aliphatic heterocycles. The average molecular weight is 503 g/mol. The number of carboxylic acids is 1. The quantitative estimate of drug-likeness (QED) is 0.151. The van der Waals surface area contributed by atoms with Crippen molar-refractivity contribution in [1.82, 2.24) is 0 Å². The van der Waals surface area contributed by atoms with Crippen LogP contribution in [0.4, 0.5) is 11.4 Å². The number of anilines is 2. The lowest BCUT2D eigenvalue weighted by Gasteiger charge is -2.13. The Morgan fingerprint density at radius 3 is 2.24 bits per heavy atom. The van der Waals surface area contributed by atoms with E-state index in [0.29, 0.717) is 34.9 Å². The monoisotopic (exact) mass is 502 g/mol. The minimum atomic E-state index is -1.09. The van der Waals surface area contributed by atoms with Gasteiger partial charge in [-0.1, -0.05) is 12.1 Å². The van der Waals surface area contributed by atoms with Crippen molar-refractivity contribution in [2.24, 2.45) is 0 Å². The second-order valence-corrected chi connectivity index (χ2v) is 8.86. The molecule has 8 nitrogen and oxygen atoms in total. The predicted octanol–water partition coefficient (Wildman–Crippen LogP) is 5.11. The SMILES string of the molecule is Nc1cc(N)c(CCOc2ccc(/C=C/C(=O)Oc3ccc(OC4CCCC4)cc3)cc2)c(C(=O)O)c1. The Bertz CT molecular complexity index is 1260. The summed E-state index contributed by atoms with van der Waals surface area (Å²) in [6.45, 7) is 0.237. The lowest BCUT2D eigenvalue weighted by Crippen LogP contribution is -2.11. The van der Waals surface area contributed by atoms with Crippen molar-refractivity contribution in [2.75, 3.05) is 18.1 Å². The molecule has 0 heterocycles. The molecular formula is C29H30N2O6. The normalized spacial score (nSPS) is 13.5. The summed E-state index contributed by atoms with van der Waals surface area (Å²) < 4.78 is 17.0. The molecule has 192 valence electrons. The molecule has 0 bridgehead atoms. The molecule has 0 atom stereocenters. The van der Waals surface area contributed by atoms with Crippen LogP contribution in [0.25, 0.3) is 6.08 Å². The molecule has 0 amide bonds. The highest BCUT2D eigenvalue weighted by atomic mass is 16.5. The van der Waals surface area contributed by atoms with Crippen LogP contribution in [-0.2, 0) is 11.2 Å². The Morgan fingerprint density at radius 2 is 1.57 bits per heavy atom. The third kappa shape index (κ3) is 7.27. The van der Waals surface area contributed by atoms with Crippen LogP contribution < -0.4 is 25.7 Å². The van der Waals surface area contributed by atoms with Crippen LogP contribution in [-0.4, -0.2) is 29.8 Å². The Hall–Kier alpha value is -4.46. The van der Waals surface area contributed by atoms with Gasteiger partial charge < -0.3 is 30.8 Å². The van der Waals surface area contributed by atoms with Gasteiger partial charge in [0, 0.05) is 23.9 Å². The number of ether oxygens (including phenoxy) is 3. The number of esters is 1. The van der Waals surface area contributed by atoms with Crippen LogP contribution >= 0.6 is 0 Å². The summed E-state index contributed by atoms with van der Waals surface area (Å²) in [6.07, 6.45) is 8.18. The standard InChI is InChI=1S/C29H30N2O6/c30-20-17-26(29(33)34)25(27(31)18-20)15-16-35-21-8-5-19(6-9-21)7-14-28(32)37-24-12-10-23(11-13-24)36-22-3-1-2-4-22/h5-14,17-18,22H,1-4,15-16,30-31H2,(H,33,34)/b14-7+. The Kier molecular flexibility index (Phi) is 8.30. The lowest BCUT2D eigenvalue weighted by atomic mass is 10.0. The Balaban J connectivity index is 1.25. The highest BCUT2D eigenvalue weighted by Gasteiger charge is 2.16. The maximum atomic E-state index is 12.2. The molecule has 0 unspecified atom stereocenters. The molecule has 1 aliphatic rings. The van der Waals surface area contributed by atoms with Crippen molar-refractivity contribution in [3.05, 3.63) is 83.4 Å². The fraction of sp³-hybridized carbons (Fsp3) is 0.241. The number of nitrogen functional groups attached to an aromatic ring is 2. The molecule has 3 aromatic carbocycles. The summed E-state index contributed by atoms with van der Waals surface area (Å²) >= 11 is 0. The first-order chi connectivity index (χ1) is 17.9. The fourth-order valence-corrected chi connectivity index (χ4v) is 4.23. The summed E-state index contributed by atoms with van der Waals surface area (Å²) in [5, 5.41) is 9.40. The first-order valence-electron chi connectivity index (χ1n) is 12.2. The summed E-state index contributed by atoms with van der Waals surface area (Å²) in [5.74, 6) is 0.258. The van der Waals surface area contributed by atoms with E-state index in [1.54, 1.807) is 42.5 Å². The zero-order chi connectivity index (χ0) is 26.2. The molecule has 8 heteroatoms. The minimum absolute atomic E-state index is 0.0711. The molecule has 0 radical (unpaired) electrons. The number of aromatic carboxylic acids is 1. The van der Waals surface area contributed by atoms with Crippen LogP contribution in [0.3, 0.4) is 0 Å². The van der Waals surface area contributed by atoms with E-state index in [9.17, 15) is 14.7 Å². The molecule has 0 saturated heterocycles. The van der Waals surface area contributed by atoms with Gasteiger partial charge in [0.2, 0.25) is 0 Å². The van der Waals surface area contributed by atoms with E-state index in [-0.39, 0.29) is 18.3 Å². The van der Waals surface area contributed by atoms with Gasteiger partial charge in [-0.25, -0.2) is 9.59 Å². The van der Waals surface area contributed by atoms with Gasteiger partial charge in [0.15, 0.2) is 0 Å². The zero-order valence-corrected chi connectivity index (χ0v) is 20.4. The number of carboxylic acid groups (broad SMARTS) is 1. The topological polar surface area (TPSA) is 134 Å². The van der Waals surface area contributed by atoms with Gasteiger partial charge in [0.05, 0.1) is 18.3 Å². The van der Waals surface area contributed by atoms with Crippen LogP contribution in [0.1, 0.15) is 47.2 Å². The third-order valence-electron chi connectivity index (χ3n) is 6.10. The number of carbonyl (C=O) groups excluding carboxylic acids is 1. The zero-order valence-electron chi connectivity index (χ0n) is 20.4. The minimum Gasteiger partial charge on any atom is -0.493 e. The molecule has 37 heavy (non-hydrogen) atoms. The molecule has 0 spiro atoms. The van der Waals surface area contributed by atoms with Gasteiger partial charge in [-0.15, -0.1) is 0 Å². The Labute approximate surface area is 215 Å². The van der Waals surface area contributed by atoms with E-state index in [4.69, 9.17) is 25.7 Å². The maximum Gasteiger partial charge on any atom is 0.336 e. The van der Waals surface area contributed by atoms with E-state index in [1.807, 2.05) is 12.1 Å². The molecule has 0 aromatic heterocycles. The summed E-state index contributed by atoms with van der Waals surface area (Å²) in [7, 11) is 0. The van der Waals surface area contributed by atoms with Crippen LogP contribution in [0.2, 0.25) is 0 Å². The molecule has 5 N–H and O–H groups in total. The number of rotatable bonds is 10. The number of benzene rings is 3. The van der Waals surface area contributed by atoms with Gasteiger partial charge in [-0.05, 0) is 91.4 Å². The van der Waals surface area contributed by atoms with Gasteiger partial charge in [-0.2, -0.15) is 0 Å². The first kappa shape index (κ1) is 25.6. The average Bonchev–Trinajstić information content (AvgIpc) is 3.39. The van der Waals surface area contributed by atoms with Crippen molar-refractivity contribution in [2.45, 2.75) is 38.2 Å². The third-order valence-corrected chi connectivity index (χ3v) is 6.10. The number of hydrogen-bond donors (Lipinski definition) is 3. The lowest BCUT2D eigenvalue weighted by molar-refractivity contribution is -0.128. The fourth-order valence-electron chi connectivity index (χ4n) is 4.23. The second kappa shape index (κ2) is 12.0. The van der Waals surface area contributed by atoms with Gasteiger partial charge in [0.25, 0.3) is 0 Å². The van der Waals surface area contributed by atoms with Gasteiger partial charge in [-0.3, -0.25) is 0 Å². The van der Waals surface area contributed by atoms with Gasteiger partial charge in [0.1, 0.15) is 17.2 Å².